The number of carbonyl (C=O) groups is 1. The van der Waals surface area contributed by atoms with Gasteiger partial charge >= 0.3 is 6.36 Å². The van der Waals surface area contributed by atoms with E-state index in [1.54, 1.807) is 10.9 Å². The van der Waals surface area contributed by atoms with Crippen LogP contribution in [0, 0.1) is 6.92 Å². The van der Waals surface area contributed by atoms with Crippen molar-refractivity contribution in [2.75, 3.05) is 29.1 Å². The normalized spacial score (nSPS) is 13.5. The Bertz CT molecular complexity index is 1130. The zero-order valence-corrected chi connectivity index (χ0v) is 17.3. The van der Waals surface area contributed by atoms with Gasteiger partial charge in [0.1, 0.15) is 5.82 Å². The Hall–Kier alpha value is -3.83. The number of nitrogens with one attached hydrogen (secondary N) is 2. The third-order valence-corrected chi connectivity index (χ3v) is 4.76. The highest BCUT2D eigenvalue weighted by Gasteiger charge is 2.31. The first-order valence-corrected chi connectivity index (χ1v) is 9.65. The molecule has 0 bridgehead atoms. The average molecular weight is 447 g/mol. The van der Waals surface area contributed by atoms with Crippen molar-refractivity contribution in [1.82, 2.24) is 19.7 Å². The molecule has 9 nitrogen and oxygen atoms in total. The predicted molar refractivity (Wildman–Crippen MR) is 110 cm³/mol. The minimum Gasteiger partial charge on any atom is -0.388 e. The summed E-state index contributed by atoms with van der Waals surface area (Å²) < 4.78 is 42.1. The molecule has 1 aliphatic rings. The Balaban J connectivity index is 1.37. The van der Waals surface area contributed by atoms with Gasteiger partial charge in [0.2, 0.25) is 11.8 Å². The topological polar surface area (TPSA) is 97.2 Å². The molecule has 0 unspecified atom stereocenters. The number of hydrogen-bond donors (Lipinski definition) is 2. The Morgan fingerprint density at radius 3 is 2.78 bits per heavy atom. The summed E-state index contributed by atoms with van der Waals surface area (Å²) in [7, 11) is 1.85. The molecule has 3 aromatic rings. The van der Waals surface area contributed by atoms with Gasteiger partial charge in [0.05, 0.1) is 36.4 Å². The van der Waals surface area contributed by atoms with E-state index in [1.807, 2.05) is 31.1 Å². The lowest BCUT2D eigenvalue weighted by atomic mass is 10.2. The summed E-state index contributed by atoms with van der Waals surface area (Å²) in [5.74, 6) is 0.0850. The van der Waals surface area contributed by atoms with Gasteiger partial charge in [-0.05, 0) is 12.5 Å². The first-order valence-electron chi connectivity index (χ1n) is 9.65. The molecule has 0 spiro atoms. The van der Waals surface area contributed by atoms with Gasteiger partial charge in [-0.1, -0.05) is 6.07 Å². The van der Waals surface area contributed by atoms with Crippen LogP contribution in [0.3, 0.4) is 0 Å². The van der Waals surface area contributed by atoms with E-state index in [0.717, 1.165) is 11.3 Å². The quantitative estimate of drug-likeness (QED) is 0.600. The molecule has 168 valence electrons. The van der Waals surface area contributed by atoms with Crippen molar-refractivity contribution in [3.8, 4) is 5.88 Å². The molecule has 3 aromatic heterocycles. The number of aryl methyl sites for hydroxylation is 1. The van der Waals surface area contributed by atoms with Crippen molar-refractivity contribution in [2.45, 2.75) is 26.4 Å². The van der Waals surface area contributed by atoms with Crippen molar-refractivity contribution >= 4 is 23.1 Å². The molecular formula is C20H20F3N7O2. The van der Waals surface area contributed by atoms with E-state index in [9.17, 15) is 18.0 Å². The first-order chi connectivity index (χ1) is 15.2. The van der Waals surface area contributed by atoms with E-state index in [4.69, 9.17) is 0 Å². The van der Waals surface area contributed by atoms with Crippen LogP contribution in [0.4, 0.5) is 30.4 Å². The Morgan fingerprint density at radius 1 is 1.25 bits per heavy atom. The average Bonchev–Trinajstić information content (AvgIpc) is 3.15. The minimum absolute atomic E-state index is 0.0734. The van der Waals surface area contributed by atoms with E-state index < -0.39 is 12.2 Å². The van der Waals surface area contributed by atoms with Gasteiger partial charge in [-0.2, -0.15) is 5.10 Å². The molecule has 4 rings (SSSR count). The molecular weight excluding hydrogens is 427 g/mol. The molecule has 1 aliphatic heterocycles. The Labute approximate surface area is 181 Å². The molecule has 0 saturated carbocycles. The number of pyridine rings is 2. The fraction of sp³-hybridized carbons (Fsp3) is 0.300. The lowest BCUT2D eigenvalue weighted by Gasteiger charge is -2.28. The number of hydrogen-bond acceptors (Lipinski definition) is 7. The maximum absolute atomic E-state index is 12.2. The van der Waals surface area contributed by atoms with Crippen LogP contribution in [0.2, 0.25) is 0 Å². The number of rotatable bonds is 6. The third-order valence-electron chi connectivity index (χ3n) is 4.76. The minimum atomic E-state index is -4.77. The second kappa shape index (κ2) is 8.36. The summed E-state index contributed by atoms with van der Waals surface area (Å²) in [6.07, 6.45) is 0.0624. The van der Waals surface area contributed by atoms with E-state index in [1.165, 1.54) is 18.3 Å². The number of fused-ring (bicyclic) bond motifs is 1. The number of amides is 1. The van der Waals surface area contributed by atoms with Crippen LogP contribution in [0.1, 0.15) is 16.8 Å². The molecule has 0 aliphatic carbocycles. The SMILES string of the molecule is Cc1nc(NCc2cnn(Cc3ccc(OC(F)(F)F)nc3)c2)cc2c1NC(=O)CN2C. The fourth-order valence-corrected chi connectivity index (χ4v) is 3.33. The van der Waals surface area contributed by atoms with Crippen LogP contribution < -0.4 is 20.3 Å². The number of carbonyl (C=O) groups excluding carboxylic acids is 1. The largest absolute Gasteiger partial charge is 0.574 e. The molecule has 32 heavy (non-hydrogen) atoms. The highest BCUT2D eigenvalue weighted by atomic mass is 19.4. The van der Waals surface area contributed by atoms with Gasteiger partial charge in [-0.15, -0.1) is 13.2 Å². The summed E-state index contributed by atoms with van der Waals surface area (Å²) in [5.41, 5.74) is 3.89. The highest BCUT2D eigenvalue weighted by molar-refractivity contribution is 6.02. The van der Waals surface area contributed by atoms with Gasteiger partial charge < -0.3 is 20.3 Å². The number of anilines is 3. The molecule has 0 saturated heterocycles. The third kappa shape index (κ3) is 5.07. The smallest absolute Gasteiger partial charge is 0.388 e. The number of nitrogens with zero attached hydrogens (tertiary/aromatic N) is 5. The molecule has 1 amide bonds. The number of aromatic nitrogens is 4. The molecule has 0 aromatic carbocycles. The standard InChI is InChI=1S/C20H20F3N7O2/c1-12-19-15(29(2)11-17(31)28-19)5-16(27-12)24-7-14-8-26-30(10-14)9-13-3-4-18(25-6-13)32-20(21,22)23/h3-6,8,10H,7,9,11H2,1-2H3,(H,24,27)(H,28,31). The summed E-state index contributed by atoms with van der Waals surface area (Å²) in [4.78, 5) is 21.8. The van der Waals surface area contributed by atoms with Crippen LogP contribution in [-0.2, 0) is 17.9 Å². The fourth-order valence-electron chi connectivity index (χ4n) is 3.33. The summed E-state index contributed by atoms with van der Waals surface area (Å²) in [5, 5.41) is 10.4. The van der Waals surface area contributed by atoms with Gasteiger partial charge in [0.15, 0.2) is 0 Å². The van der Waals surface area contributed by atoms with Crippen LogP contribution in [-0.4, -0.2) is 45.6 Å². The number of halogens is 3. The molecule has 12 heteroatoms. The highest BCUT2D eigenvalue weighted by Crippen LogP contribution is 2.33. The van der Waals surface area contributed by atoms with Crippen molar-refractivity contribution in [1.29, 1.82) is 0 Å². The monoisotopic (exact) mass is 447 g/mol. The van der Waals surface area contributed by atoms with Crippen LogP contribution in [0.25, 0.3) is 0 Å². The molecule has 0 radical (unpaired) electrons. The molecule has 0 atom stereocenters. The van der Waals surface area contributed by atoms with Crippen molar-refractivity contribution in [3.05, 3.63) is 53.6 Å². The van der Waals surface area contributed by atoms with Crippen LogP contribution in [0.5, 0.6) is 5.88 Å². The van der Waals surface area contributed by atoms with Crippen molar-refractivity contribution in [3.63, 3.8) is 0 Å². The van der Waals surface area contributed by atoms with E-state index in [-0.39, 0.29) is 12.5 Å². The van der Waals surface area contributed by atoms with Crippen LogP contribution in [0.15, 0.2) is 36.8 Å². The summed E-state index contributed by atoms with van der Waals surface area (Å²) >= 11 is 0. The summed E-state index contributed by atoms with van der Waals surface area (Å²) in [6.45, 7) is 2.93. The maximum atomic E-state index is 12.2. The van der Waals surface area contributed by atoms with Gasteiger partial charge in [-0.25, -0.2) is 9.97 Å². The summed E-state index contributed by atoms with van der Waals surface area (Å²) in [6, 6.07) is 4.55. The van der Waals surface area contributed by atoms with E-state index in [2.05, 4.69) is 30.4 Å². The predicted octanol–water partition coefficient (Wildman–Crippen LogP) is 2.93. The molecule has 0 fully saturated rings. The zero-order chi connectivity index (χ0) is 22.9. The maximum Gasteiger partial charge on any atom is 0.574 e. The Kier molecular flexibility index (Phi) is 5.59. The van der Waals surface area contributed by atoms with E-state index in [0.29, 0.717) is 35.9 Å². The van der Waals surface area contributed by atoms with Crippen molar-refractivity contribution in [2.24, 2.45) is 0 Å². The van der Waals surface area contributed by atoms with E-state index >= 15 is 0 Å². The number of alkyl halides is 3. The second-order valence-corrected chi connectivity index (χ2v) is 7.34. The lowest BCUT2D eigenvalue weighted by Crippen LogP contribution is -2.36. The number of ether oxygens (including phenoxy) is 1. The second-order valence-electron chi connectivity index (χ2n) is 7.34. The Morgan fingerprint density at radius 2 is 2.06 bits per heavy atom. The zero-order valence-electron chi connectivity index (χ0n) is 17.3. The first kappa shape index (κ1) is 21.4. The van der Waals surface area contributed by atoms with Gasteiger partial charge in [0.25, 0.3) is 0 Å². The molecule has 4 heterocycles. The lowest BCUT2D eigenvalue weighted by molar-refractivity contribution is -0.276. The molecule has 2 N–H and O–H groups in total. The van der Waals surface area contributed by atoms with Gasteiger partial charge in [-0.3, -0.25) is 9.48 Å². The van der Waals surface area contributed by atoms with Crippen LogP contribution >= 0.6 is 0 Å². The van der Waals surface area contributed by atoms with Gasteiger partial charge in [0, 0.05) is 43.7 Å². The van der Waals surface area contributed by atoms with Crippen molar-refractivity contribution < 1.29 is 22.7 Å². The number of likely N-dealkylation sites (N-methyl/N-ethyl adjacent to an activating group) is 1.